The monoisotopic (exact) mass is 150 g/mol. The normalized spacial score (nSPS) is 19.3. The number of rotatable bonds is 4. The third-order valence-electron chi connectivity index (χ3n) is 2.69. The molecule has 10 heavy (non-hydrogen) atoms. The molecule has 0 heterocycles. The Labute approximate surface area is 74.5 Å². The Morgan fingerprint density at radius 1 is 1.30 bits per heavy atom. The van der Waals surface area contributed by atoms with Crippen molar-refractivity contribution in [3.05, 3.63) is 0 Å². The van der Waals surface area contributed by atoms with E-state index < -0.39 is 0 Å². The molecule has 0 spiro atoms. The van der Waals surface area contributed by atoms with Crippen molar-refractivity contribution in [3.63, 3.8) is 0 Å². The topological polar surface area (TPSA) is 0 Å². The molecule has 0 nitrogen and oxygen atoms in total. The molecule has 0 N–H and O–H groups in total. The first-order chi connectivity index (χ1) is 4.93. The minimum Gasteiger partial charge on any atom is -0.146 e. The zero-order valence-electron chi connectivity index (χ0n) is 7.23. The fourth-order valence-corrected chi connectivity index (χ4v) is 3.93. The fraction of sp³-hybridized carbons (Fsp3) is 1.00. The third kappa shape index (κ3) is 3.24. The lowest BCUT2D eigenvalue weighted by Gasteiger charge is -2.05. The van der Waals surface area contributed by atoms with Crippen LogP contribution in [0.4, 0.5) is 0 Å². The largest absolute Gasteiger partial charge is 0.364 e. The molecule has 0 radical (unpaired) electrons. The second-order valence-electron chi connectivity index (χ2n) is 3.65. The van der Waals surface area contributed by atoms with Crippen LogP contribution in [0.2, 0.25) is 9.10 Å². The van der Waals surface area contributed by atoms with Crippen molar-refractivity contribution in [2.45, 2.75) is 48.1 Å². The van der Waals surface area contributed by atoms with E-state index in [-0.39, 0.29) is 0 Å². The Kier molecular flexibility index (Phi) is 4.80. The summed E-state index contributed by atoms with van der Waals surface area (Å²) in [6.07, 6.45) is 7.64. The maximum atomic E-state index is 2.32. The van der Waals surface area contributed by atoms with Crippen LogP contribution >= 0.6 is 0 Å². The molecule has 0 aromatic heterocycles. The lowest BCUT2D eigenvalue weighted by molar-refractivity contribution is 0.607. The summed E-state index contributed by atoms with van der Waals surface area (Å²) in [6.45, 7) is 2.32. The molecule has 1 fully saturated rings. The van der Waals surface area contributed by atoms with Gasteiger partial charge < -0.3 is 0 Å². The van der Waals surface area contributed by atoms with Crippen molar-refractivity contribution >= 4 is 20.4 Å². The van der Waals surface area contributed by atoms with E-state index in [0.717, 1.165) is 0 Å². The van der Waals surface area contributed by atoms with E-state index in [1.807, 2.05) is 0 Å². The van der Waals surface area contributed by atoms with Crippen LogP contribution in [-0.2, 0) is 0 Å². The standard InChI is InChI=1S/C6H11.C3H7.Mg/c1-6-4-2-3-5-6;1-3-2;/h6H,1-5H2;1,3H2,2H3;. The van der Waals surface area contributed by atoms with Crippen LogP contribution in [0.1, 0.15) is 39.0 Å². The quantitative estimate of drug-likeness (QED) is 0.427. The van der Waals surface area contributed by atoms with Gasteiger partial charge in [0.1, 0.15) is 0 Å². The van der Waals surface area contributed by atoms with Gasteiger partial charge in [-0.25, -0.2) is 0 Å². The van der Waals surface area contributed by atoms with Gasteiger partial charge in [0.2, 0.25) is 0 Å². The highest BCUT2D eigenvalue weighted by molar-refractivity contribution is 6.35. The molecule has 0 saturated heterocycles. The van der Waals surface area contributed by atoms with E-state index in [1.54, 1.807) is 21.9 Å². The summed E-state index contributed by atoms with van der Waals surface area (Å²) in [5.41, 5.74) is 0. The molecule has 1 aliphatic carbocycles. The second-order valence-corrected chi connectivity index (χ2v) is 5.64. The van der Waals surface area contributed by atoms with Crippen molar-refractivity contribution in [1.82, 2.24) is 0 Å². The third-order valence-corrected chi connectivity index (χ3v) is 5.12. The second kappa shape index (κ2) is 5.42. The number of hydrogen-bond donors (Lipinski definition) is 0. The van der Waals surface area contributed by atoms with Crippen LogP contribution in [0.15, 0.2) is 0 Å². The summed E-state index contributed by atoms with van der Waals surface area (Å²) in [5.74, 6) is 1.18. The van der Waals surface area contributed by atoms with Gasteiger partial charge in [0.05, 0.1) is 0 Å². The van der Waals surface area contributed by atoms with E-state index in [4.69, 9.17) is 0 Å². The first kappa shape index (κ1) is 8.86. The van der Waals surface area contributed by atoms with E-state index in [0.29, 0.717) is 20.4 Å². The van der Waals surface area contributed by atoms with Gasteiger partial charge in [-0.3, -0.25) is 0 Å². The van der Waals surface area contributed by atoms with Crippen LogP contribution < -0.4 is 0 Å². The predicted octanol–water partition coefficient (Wildman–Crippen LogP) is 3.13. The van der Waals surface area contributed by atoms with Gasteiger partial charge in [-0.15, -0.1) is 9.10 Å². The van der Waals surface area contributed by atoms with Gasteiger partial charge in [0.25, 0.3) is 0 Å². The average Bonchev–Trinajstić information content (AvgIpc) is 2.41. The molecule has 0 unspecified atom stereocenters. The van der Waals surface area contributed by atoms with Crippen molar-refractivity contribution in [3.8, 4) is 0 Å². The maximum Gasteiger partial charge on any atom is 0.364 e. The molecular weight excluding hydrogens is 132 g/mol. The van der Waals surface area contributed by atoms with Crippen LogP contribution in [0.5, 0.6) is 0 Å². The van der Waals surface area contributed by atoms with E-state index in [1.165, 1.54) is 25.2 Å². The summed E-state index contributed by atoms with van der Waals surface area (Å²) < 4.78 is 3.25. The molecule has 0 aromatic carbocycles. The molecule has 1 aliphatic rings. The van der Waals surface area contributed by atoms with Gasteiger partial charge in [0.15, 0.2) is 0 Å². The summed E-state index contributed by atoms with van der Waals surface area (Å²) in [4.78, 5) is 0. The lowest BCUT2D eigenvalue weighted by atomic mass is 10.1. The summed E-state index contributed by atoms with van der Waals surface area (Å²) >= 11 is 0.382. The Balaban J connectivity index is 1.91. The molecule has 0 aliphatic heterocycles. The summed E-state index contributed by atoms with van der Waals surface area (Å²) in [6, 6.07) is 0. The van der Waals surface area contributed by atoms with Crippen molar-refractivity contribution in [2.75, 3.05) is 0 Å². The van der Waals surface area contributed by atoms with Gasteiger partial charge in [0, 0.05) is 0 Å². The van der Waals surface area contributed by atoms with Crippen LogP contribution in [0.3, 0.4) is 0 Å². The van der Waals surface area contributed by atoms with Crippen LogP contribution in [0.25, 0.3) is 0 Å². The SMILES string of the molecule is CC[CH2][Mg][CH2]C1CCCC1. The van der Waals surface area contributed by atoms with E-state index in [9.17, 15) is 0 Å². The molecule has 0 amide bonds. The molecule has 1 saturated carbocycles. The smallest absolute Gasteiger partial charge is 0.146 e. The molecule has 1 heteroatoms. The molecule has 0 atom stereocenters. The van der Waals surface area contributed by atoms with Gasteiger partial charge >= 0.3 is 20.4 Å². The number of hydrogen-bond acceptors (Lipinski definition) is 0. The highest BCUT2D eigenvalue weighted by Crippen LogP contribution is 2.27. The Morgan fingerprint density at radius 3 is 2.60 bits per heavy atom. The first-order valence-electron chi connectivity index (χ1n) is 4.93. The lowest BCUT2D eigenvalue weighted by Crippen LogP contribution is -1.98. The minimum atomic E-state index is 0.382. The van der Waals surface area contributed by atoms with Gasteiger partial charge in [-0.2, -0.15) is 0 Å². The molecule has 0 aromatic rings. The highest BCUT2D eigenvalue weighted by Gasteiger charge is 2.14. The summed E-state index contributed by atoms with van der Waals surface area (Å²) in [5, 5.41) is 0. The Morgan fingerprint density at radius 2 is 2.00 bits per heavy atom. The molecule has 1 rings (SSSR count). The van der Waals surface area contributed by atoms with Gasteiger partial charge in [-0.1, -0.05) is 44.9 Å². The van der Waals surface area contributed by atoms with E-state index in [2.05, 4.69) is 6.92 Å². The van der Waals surface area contributed by atoms with Crippen molar-refractivity contribution in [2.24, 2.45) is 5.92 Å². The molecule has 56 valence electrons. The highest BCUT2D eigenvalue weighted by atomic mass is 24.5. The maximum absolute atomic E-state index is 2.32. The fourth-order valence-electron chi connectivity index (χ4n) is 1.98. The van der Waals surface area contributed by atoms with E-state index >= 15 is 0 Å². The predicted molar refractivity (Wildman–Crippen MR) is 47.6 cm³/mol. The Bertz CT molecular complexity index is 74.8. The minimum absolute atomic E-state index is 0.382. The van der Waals surface area contributed by atoms with Gasteiger partial charge in [-0.05, 0) is 0 Å². The Hall–Kier alpha value is 0.766. The summed E-state index contributed by atoms with van der Waals surface area (Å²) in [7, 11) is 0. The van der Waals surface area contributed by atoms with Crippen molar-refractivity contribution in [1.29, 1.82) is 0 Å². The zero-order valence-corrected chi connectivity index (χ0v) is 8.65. The van der Waals surface area contributed by atoms with Crippen LogP contribution in [-0.4, -0.2) is 20.4 Å². The molecule has 0 bridgehead atoms. The molecular formula is C9H18Mg. The average molecular weight is 151 g/mol. The van der Waals surface area contributed by atoms with Crippen molar-refractivity contribution < 1.29 is 0 Å². The zero-order chi connectivity index (χ0) is 7.23. The van der Waals surface area contributed by atoms with Crippen LogP contribution in [0, 0.1) is 5.92 Å². The first-order valence-corrected chi connectivity index (χ1v) is 6.93.